The minimum Gasteiger partial charge on any atom is -0.353 e. The van der Waals surface area contributed by atoms with E-state index in [1.165, 1.54) is 5.56 Å². The lowest BCUT2D eigenvalue weighted by molar-refractivity contribution is 0.584. The number of nitrogens with zero attached hydrogens (tertiary/aromatic N) is 2. The van der Waals surface area contributed by atoms with E-state index >= 15 is 0 Å². The molecule has 0 atom stereocenters. The lowest BCUT2D eigenvalue weighted by atomic mass is 10.1. The summed E-state index contributed by atoms with van der Waals surface area (Å²) in [6.07, 6.45) is 0. The average molecular weight is 265 g/mol. The Labute approximate surface area is 113 Å². The highest BCUT2D eigenvalue weighted by Crippen LogP contribution is 2.21. The van der Waals surface area contributed by atoms with E-state index in [1.54, 1.807) is 0 Å². The third kappa shape index (κ3) is 2.66. The summed E-state index contributed by atoms with van der Waals surface area (Å²) in [6.45, 7) is 4.12. The van der Waals surface area contributed by atoms with E-state index in [2.05, 4.69) is 38.6 Å². The SMILES string of the molecule is Cl.c1ccc(-c2cc(N3CCNCC3)n[nH]2)cc1. The van der Waals surface area contributed by atoms with Crippen LogP contribution in [0, 0.1) is 0 Å². The summed E-state index contributed by atoms with van der Waals surface area (Å²) in [5, 5.41) is 10.8. The summed E-state index contributed by atoms with van der Waals surface area (Å²) in [5.41, 5.74) is 2.26. The molecule has 0 aliphatic carbocycles. The molecule has 0 unspecified atom stereocenters. The van der Waals surface area contributed by atoms with E-state index in [0.717, 1.165) is 37.7 Å². The van der Waals surface area contributed by atoms with Gasteiger partial charge in [-0.15, -0.1) is 12.4 Å². The van der Waals surface area contributed by atoms with E-state index in [1.807, 2.05) is 18.2 Å². The van der Waals surface area contributed by atoms with Crippen molar-refractivity contribution >= 4 is 18.2 Å². The zero-order chi connectivity index (χ0) is 11.5. The molecular weight excluding hydrogens is 248 g/mol. The van der Waals surface area contributed by atoms with Crippen LogP contribution in [0.15, 0.2) is 36.4 Å². The predicted molar refractivity (Wildman–Crippen MR) is 76.4 cm³/mol. The van der Waals surface area contributed by atoms with Gasteiger partial charge in [-0.3, -0.25) is 5.10 Å². The quantitative estimate of drug-likeness (QED) is 0.871. The van der Waals surface area contributed by atoms with Crippen LogP contribution < -0.4 is 10.2 Å². The summed E-state index contributed by atoms with van der Waals surface area (Å²) in [7, 11) is 0. The maximum absolute atomic E-state index is 4.39. The van der Waals surface area contributed by atoms with Crippen molar-refractivity contribution < 1.29 is 0 Å². The molecule has 0 bridgehead atoms. The fraction of sp³-hybridized carbons (Fsp3) is 0.308. The molecule has 0 amide bonds. The molecule has 2 aromatic rings. The minimum atomic E-state index is 0. The Morgan fingerprint density at radius 1 is 1.06 bits per heavy atom. The zero-order valence-corrected chi connectivity index (χ0v) is 10.9. The number of benzene rings is 1. The molecule has 0 spiro atoms. The molecular formula is C13H17ClN4. The van der Waals surface area contributed by atoms with Crippen molar-refractivity contribution in [1.82, 2.24) is 15.5 Å². The molecule has 2 N–H and O–H groups in total. The number of aromatic nitrogens is 2. The van der Waals surface area contributed by atoms with E-state index in [-0.39, 0.29) is 12.4 Å². The highest BCUT2D eigenvalue weighted by atomic mass is 35.5. The second-order valence-electron chi connectivity index (χ2n) is 4.24. The van der Waals surface area contributed by atoms with Crippen molar-refractivity contribution in [2.45, 2.75) is 0 Å². The third-order valence-electron chi connectivity index (χ3n) is 3.09. The van der Waals surface area contributed by atoms with Gasteiger partial charge in [0.05, 0.1) is 5.69 Å². The molecule has 1 aliphatic rings. The monoisotopic (exact) mass is 264 g/mol. The number of H-pyrrole nitrogens is 1. The van der Waals surface area contributed by atoms with Crippen LogP contribution in [0.5, 0.6) is 0 Å². The first-order valence-electron chi connectivity index (χ1n) is 6.00. The smallest absolute Gasteiger partial charge is 0.151 e. The number of nitrogens with one attached hydrogen (secondary N) is 2. The number of anilines is 1. The van der Waals surface area contributed by atoms with Crippen molar-refractivity contribution in [3.8, 4) is 11.3 Å². The molecule has 0 saturated carbocycles. The molecule has 5 heteroatoms. The van der Waals surface area contributed by atoms with Gasteiger partial charge in [0, 0.05) is 32.2 Å². The normalized spacial score (nSPS) is 15.2. The molecule has 0 radical (unpaired) electrons. The van der Waals surface area contributed by atoms with Crippen LogP contribution in [0.25, 0.3) is 11.3 Å². The Balaban J connectivity index is 0.00000120. The van der Waals surface area contributed by atoms with Gasteiger partial charge in [0.1, 0.15) is 0 Å². The summed E-state index contributed by atoms with van der Waals surface area (Å²) in [4.78, 5) is 2.31. The highest BCUT2D eigenvalue weighted by Gasteiger charge is 2.13. The number of rotatable bonds is 2. The van der Waals surface area contributed by atoms with Crippen LogP contribution in [0.2, 0.25) is 0 Å². The lowest BCUT2D eigenvalue weighted by Crippen LogP contribution is -2.43. The molecule has 1 aromatic heterocycles. The van der Waals surface area contributed by atoms with Crippen LogP contribution >= 0.6 is 12.4 Å². The molecule has 1 fully saturated rings. The van der Waals surface area contributed by atoms with Crippen LogP contribution in [0.1, 0.15) is 0 Å². The van der Waals surface area contributed by atoms with Crippen LogP contribution in [0.4, 0.5) is 5.82 Å². The van der Waals surface area contributed by atoms with Gasteiger partial charge < -0.3 is 10.2 Å². The molecule has 96 valence electrons. The van der Waals surface area contributed by atoms with Gasteiger partial charge in [0.15, 0.2) is 5.82 Å². The summed E-state index contributed by atoms with van der Waals surface area (Å²) < 4.78 is 0. The Hall–Kier alpha value is -1.52. The maximum atomic E-state index is 4.39. The standard InChI is InChI=1S/C13H16N4.ClH/c1-2-4-11(5-3-1)12-10-13(16-15-12)17-8-6-14-7-9-17;/h1-5,10,14H,6-9H2,(H,15,16);1H. The zero-order valence-electron chi connectivity index (χ0n) is 10.1. The Bertz CT molecular complexity index is 477. The van der Waals surface area contributed by atoms with E-state index < -0.39 is 0 Å². The fourth-order valence-electron chi connectivity index (χ4n) is 2.13. The first kappa shape index (κ1) is 12.9. The second-order valence-corrected chi connectivity index (χ2v) is 4.24. The molecule has 3 rings (SSSR count). The number of hydrogen-bond acceptors (Lipinski definition) is 3. The topological polar surface area (TPSA) is 44.0 Å². The van der Waals surface area contributed by atoms with Gasteiger partial charge in [-0.1, -0.05) is 30.3 Å². The maximum Gasteiger partial charge on any atom is 0.151 e. The van der Waals surface area contributed by atoms with Crippen LogP contribution in [-0.2, 0) is 0 Å². The summed E-state index contributed by atoms with van der Waals surface area (Å²) >= 11 is 0. The fourth-order valence-corrected chi connectivity index (χ4v) is 2.13. The molecule has 18 heavy (non-hydrogen) atoms. The molecule has 2 heterocycles. The first-order valence-corrected chi connectivity index (χ1v) is 6.00. The highest BCUT2D eigenvalue weighted by molar-refractivity contribution is 5.85. The first-order chi connectivity index (χ1) is 8.43. The lowest BCUT2D eigenvalue weighted by Gasteiger charge is -2.26. The predicted octanol–water partition coefficient (Wildman–Crippen LogP) is 1.91. The van der Waals surface area contributed by atoms with Crippen LogP contribution in [0.3, 0.4) is 0 Å². The van der Waals surface area contributed by atoms with Crippen LogP contribution in [-0.4, -0.2) is 36.4 Å². The summed E-state index contributed by atoms with van der Waals surface area (Å²) in [5.74, 6) is 1.05. The minimum absolute atomic E-state index is 0. The van der Waals surface area contributed by atoms with Gasteiger partial charge in [0.2, 0.25) is 0 Å². The third-order valence-corrected chi connectivity index (χ3v) is 3.09. The van der Waals surface area contributed by atoms with Gasteiger partial charge in [-0.05, 0) is 5.56 Å². The molecule has 1 aliphatic heterocycles. The van der Waals surface area contributed by atoms with E-state index in [9.17, 15) is 0 Å². The molecule has 1 aromatic carbocycles. The van der Waals surface area contributed by atoms with Gasteiger partial charge in [-0.25, -0.2) is 0 Å². The van der Waals surface area contributed by atoms with E-state index in [4.69, 9.17) is 0 Å². The number of halogens is 1. The Kier molecular flexibility index (Phi) is 4.23. The van der Waals surface area contributed by atoms with Crippen molar-refractivity contribution in [2.24, 2.45) is 0 Å². The van der Waals surface area contributed by atoms with Crippen molar-refractivity contribution in [2.75, 3.05) is 31.1 Å². The molecule has 4 nitrogen and oxygen atoms in total. The van der Waals surface area contributed by atoms with Crippen molar-refractivity contribution in [3.05, 3.63) is 36.4 Å². The van der Waals surface area contributed by atoms with Gasteiger partial charge >= 0.3 is 0 Å². The number of hydrogen-bond donors (Lipinski definition) is 2. The largest absolute Gasteiger partial charge is 0.353 e. The van der Waals surface area contributed by atoms with Gasteiger partial charge in [-0.2, -0.15) is 5.10 Å². The van der Waals surface area contributed by atoms with Crippen molar-refractivity contribution in [3.63, 3.8) is 0 Å². The Morgan fingerprint density at radius 2 is 1.78 bits per heavy atom. The average Bonchev–Trinajstić information content (AvgIpc) is 2.90. The molecule has 1 saturated heterocycles. The van der Waals surface area contributed by atoms with Gasteiger partial charge in [0.25, 0.3) is 0 Å². The van der Waals surface area contributed by atoms with E-state index in [0.29, 0.717) is 0 Å². The summed E-state index contributed by atoms with van der Waals surface area (Å²) in [6, 6.07) is 12.4. The Morgan fingerprint density at radius 3 is 2.50 bits per heavy atom. The number of aromatic amines is 1. The number of piperazine rings is 1. The van der Waals surface area contributed by atoms with Crippen molar-refractivity contribution in [1.29, 1.82) is 0 Å². The second kappa shape index (κ2) is 5.89.